The molecule has 1 amide bonds. The summed E-state index contributed by atoms with van der Waals surface area (Å²) < 4.78 is 0. The Morgan fingerprint density at radius 3 is 3.18 bits per heavy atom. The van der Waals surface area contributed by atoms with Gasteiger partial charge in [0.05, 0.1) is 0 Å². The van der Waals surface area contributed by atoms with E-state index in [1.807, 2.05) is 0 Å². The van der Waals surface area contributed by atoms with E-state index in [0.29, 0.717) is 13.0 Å². The number of carbonyl (C=O) groups excluding carboxylic acids is 1. The van der Waals surface area contributed by atoms with Crippen molar-refractivity contribution in [3.63, 3.8) is 0 Å². The minimum Gasteiger partial charge on any atom is -0.385 e. The largest absolute Gasteiger partial charge is 0.385 e. The normalized spacial score (nSPS) is 13.9. The Balaban J connectivity index is 1.94. The van der Waals surface area contributed by atoms with Crippen molar-refractivity contribution < 1.29 is 4.79 Å². The molecule has 1 aliphatic rings. The maximum Gasteiger partial charge on any atom is 0.218 e. The Hall–Kier alpha value is -1.55. The van der Waals surface area contributed by atoms with E-state index in [1.54, 1.807) is 0 Å². The molecule has 92 valence electrons. The van der Waals surface area contributed by atoms with E-state index in [4.69, 9.17) is 5.73 Å². The lowest BCUT2D eigenvalue weighted by atomic mass is 9.99. The molecule has 0 unspecified atom stereocenters. The molecular weight excluding hydrogens is 214 g/mol. The number of benzene rings is 1. The first-order valence-corrected chi connectivity index (χ1v) is 6.11. The summed E-state index contributed by atoms with van der Waals surface area (Å²) in [4.78, 5) is 10.6. The summed E-state index contributed by atoms with van der Waals surface area (Å²) in [6.45, 7) is 2.47. The number of para-hydroxylation sites is 1. The van der Waals surface area contributed by atoms with E-state index in [-0.39, 0.29) is 5.91 Å². The summed E-state index contributed by atoms with van der Waals surface area (Å²) in [5.74, 6) is -0.259. The minimum absolute atomic E-state index is 0.259. The fraction of sp³-hybridized carbons (Fsp3) is 0.462. The zero-order chi connectivity index (χ0) is 12.1. The fourth-order valence-corrected chi connectivity index (χ4v) is 2.16. The minimum atomic E-state index is -0.259. The molecule has 4 heteroatoms. The highest BCUT2D eigenvalue weighted by molar-refractivity contribution is 5.73. The van der Waals surface area contributed by atoms with E-state index in [9.17, 15) is 4.79 Å². The number of hydrogen-bond acceptors (Lipinski definition) is 3. The number of anilines is 1. The monoisotopic (exact) mass is 233 g/mol. The van der Waals surface area contributed by atoms with Crippen LogP contribution in [0.2, 0.25) is 0 Å². The lowest BCUT2D eigenvalue weighted by molar-refractivity contribution is -0.117. The number of nitrogens with one attached hydrogen (secondary N) is 2. The SMILES string of the molecule is NC(=O)CCNCc1cccc2c1NCCC2. The molecule has 1 aromatic carbocycles. The van der Waals surface area contributed by atoms with Gasteiger partial charge in [0, 0.05) is 31.7 Å². The Labute approximate surface area is 102 Å². The highest BCUT2D eigenvalue weighted by Gasteiger charge is 2.11. The van der Waals surface area contributed by atoms with Crippen LogP contribution in [0.25, 0.3) is 0 Å². The van der Waals surface area contributed by atoms with Gasteiger partial charge in [0.1, 0.15) is 0 Å². The zero-order valence-corrected chi connectivity index (χ0v) is 9.96. The van der Waals surface area contributed by atoms with Crippen LogP contribution < -0.4 is 16.4 Å². The molecule has 0 saturated carbocycles. The van der Waals surface area contributed by atoms with E-state index >= 15 is 0 Å². The Morgan fingerprint density at radius 1 is 1.47 bits per heavy atom. The maximum atomic E-state index is 10.6. The van der Waals surface area contributed by atoms with Crippen LogP contribution in [0.4, 0.5) is 5.69 Å². The third kappa shape index (κ3) is 3.20. The maximum absolute atomic E-state index is 10.6. The van der Waals surface area contributed by atoms with Gasteiger partial charge in [-0.3, -0.25) is 4.79 Å². The summed E-state index contributed by atoms with van der Waals surface area (Å²) in [6.07, 6.45) is 2.74. The lowest BCUT2D eigenvalue weighted by Crippen LogP contribution is -2.23. The van der Waals surface area contributed by atoms with Crippen LogP contribution in [0, 0.1) is 0 Å². The molecular formula is C13H19N3O. The molecule has 0 radical (unpaired) electrons. The molecule has 0 bridgehead atoms. The van der Waals surface area contributed by atoms with E-state index in [1.165, 1.54) is 23.2 Å². The highest BCUT2D eigenvalue weighted by atomic mass is 16.1. The van der Waals surface area contributed by atoms with E-state index in [2.05, 4.69) is 28.8 Å². The Bertz CT molecular complexity index is 404. The third-order valence-corrected chi connectivity index (χ3v) is 3.03. The van der Waals surface area contributed by atoms with Gasteiger partial charge in [-0.05, 0) is 24.0 Å². The number of fused-ring (bicyclic) bond motifs is 1. The number of aryl methyl sites for hydroxylation is 1. The quantitative estimate of drug-likeness (QED) is 0.665. The van der Waals surface area contributed by atoms with Gasteiger partial charge >= 0.3 is 0 Å². The summed E-state index contributed by atoms with van der Waals surface area (Å²) in [6, 6.07) is 6.39. The molecule has 1 aliphatic heterocycles. The van der Waals surface area contributed by atoms with Crippen molar-refractivity contribution >= 4 is 11.6 Å². The average Bonchev–Trinajstić information content (AvgIpc) is 2.34. The highest BCUT2D eigenvalue weighted by Crippen LogP contribution is 2.25. The zero-order valence-electron chi connectivity index (χ0n) is 9.96. The van der Waals surface area contributed by atoms with Crippen molar-refractivity contribution in [2.24, 2.45) is 5.73 Å². The van der Waals surface area contributed by atoms with Crippen molar-refractivity contribution in [2.75, 3.05) is 18.4 Å². The second kappa shape index (κ2) is 5.68. The van der Waals surface area contributed by atoms with Gasteiger partial charge in [0.25, 0.3) is 0 Å². The molecule has 1 heterocycles. The molecule has 2 rings (SSSR count). The van der Waals surface area contributed by atoms with Crippen LogP contribution >= 0.6 is 0 Å². The van der Waals surface area contributed by atoms with E-state index < -0.39 is 0 Å². The van der Waals surface area contributed by atoms with Gasteiger partial charge in [0.15, 0.2) is 0 Å². The van der Waals surface area contributed by atoms with Gasteiger partial charge in [-0.15, -0.1) is 0 Å². The van der Waals surface area contributed by atoms with Crippen molar-refractivity contribution in [2.45, 2.75) is 25.8 Å². The third-order valence-electron chi connectivity index (χ3n) is 3.03. The van der Waals surface area contributed by atoms with Crippen molar-refractivity contribution in [1.82, 2.24) is 5.32 Å². The molecule has 4 N–H and O–H groups in total. The second-order valence-electron chi connectivity index (χ2n) is 4.37. The molecule has 1 aromatic rings. The van der Waals surface area contributed by atoms with Gasteiger partial charge < -0.3 is 16.4 Å². The standard InChI is InChI=1S/C13H19N3O/c14-12(17)6-8-15-9-11-4-1-3-10-5-2-7-16-13(10)11/h1,3-4,15-16H,2,5-9H2,(H2,14,17). The van der Waals surface area contributed by atoms with Gasteiger partial charge in [0.2, 0.25) is 5.91 Å². The molecule has 0 saturated heterocycles. The summed E-state index contributed by atoms with van der Waals surface area (Å²) >= 11 is 0. The summed E-state index contributed by atoms with van der Waals surface area (Å²) in [7, 11) is 0. The number of amides is 1. The fourth-order valence-electron chi connectivity index (χ4n) is 2.16. The van der Waals surface area contributed by atoms with Crippen molar-refractivity contribution in [1.29, 1.82) is 0 Å². The van der Waals surface area contributed by atoms with Crippen LogP contribution in [0.15, 0.2) is 18.2 Å². The van der Waals surface area contributed by atoms with Gasteiger partial charge in [-0.1, -0.05) is 18.2 Å². The van der Waals surface area contributed by atoms with E-state index in [0.717, 1.165) is 19.5 Å². The van der Waals surface area contributed by atoms with Crippen LogP contribution in [-0.4, -0.2) is 19.0 Å². The van der Waals surface area contributed by atoms with Gasteiger partial charge in [-0.25, -0.2) is 0 Å². The Morgan fingerprint density at radius 2 is 2.35 bits per heavy atom. The Kier molecular flexibility index (Phi) is 3.98. The number of carbonyl (C=O) groups is 1. The second-order valence-corrected chi connectivity index (χ2v) is 4.37. The molecule has 17 heavy (non-hydrogen) atoms. The molecule has 0 aromatic heterocycles. The van der Waals surface area contributed by atoms with Gasteiger partial charge in [-0.2, -0.15) is 0 Å². The first kappa shape index (κ1) is 11.9. The molecule has 4 nitrogen and oxygen atoms in total. The topological polar surface area (TPSA) is 67.2 Å². The predicted molar refractivity (Wildman–Crippen MR) is 68.8 cm³/mol. The number of nitrogens with two attached hydrogens (primary N) is 1. The lowest BCUT2D eigenvalue weighted by Gasteiger charge is -2.21. The van der Waals surface area contributed by atoms with Crippen molar-refractivity contribution in [3.05, 3.63) is 29.3 Å². The van der Waals surface area contributed by atoms with Crippen molar-refractivity contribution in [3.8, 4) is 0 Å². The summed E-state index contributed by atoms with van der Waals surface area (Å²) in [5.41, 5.74) is 9.02. The number of rotatable bonds is 5. The molecule has 0 spiro atoms. The first-order valence-electron chi connectivity index (χ1n) is 6.11. The summed E-state index contributed by atoms with van der Waals surface area (Å²) in [5, 5.41) is 6.69. The number of hydrogen-bond donors (Lipinski definition) is 3. The molecule has 0 atom stereocenters. The van der Waals surface area contributed by atoms with Crippen LogP contribution in [0.1, 0.15) is 24.0 Å². The first-order chi connectivity index (χ1) is 8.27. The number of primary amides is 1. The molecule has 0 aliphatic carbocycles. The predicted octanol–water partition coefficient (Wildman–Crippen LogP) is 1.01. The average molecular weight is 233 g/mol. The van der Waals surface area contributed by atoms with Crippen LogP contribution in [-0.2, 0) is 17.8 Å². The smallest absolute Gasteiger partial charge is 0.218 e. The van der Waals surface area contributed by atoms with Crippen LogP contribution in [0.3, 0.4) is 0 Å². The van der Waals surface area contributed by atoms with Crippen LogP contribution in [0.5, 0.6) is 0 Å². The molecule has 0 fully saturated rings.